The number of ether oxygens (including phenoxy) is 2. The van der Waals surface area contributed by atoms with E-state index in [4.69, 9.17) is 18.5 Å². The van der Waals surface area contributed by atoms with Crippen molar-refractivity contribution >= 4 is 36.2 Å². The zero-order valence-electron chi connectivity index (χ0n) is 22.9. The molecule has 0 aliphatic carbocycles. The summed E-state index contributed by atoms with van der Waals surface area (Å²) in [4.78, 5) is 37.0. The number of allylic oxidation sites excluding steroid dienone is 1. The molecule has 15 heteroatoms. The smallest absolute Gasteiger partial charge is 0.459 e. The summed E-state index contributed by atoms with van der Waals surface area (Å²) in [6.07, 6.45) is -8.91. The molecule has 0 spiro atoms. The molecule has 0 aromatic heterocycles. The predicted octanol–water partition coefficient (Wildman–Crippen LogP) is 2.67. The van der Waals surface area contributed by atoms with Gasteiger partial charge in [0.25, 0.3) is 6.43 Å². The van der Waals surface area contributed by atoms with Gasteiger partial charge >= 0.3 is 13.7 Å². The molecule has 1 unspecified atom stereocenters. The maximum atomic E-state index is 14.6. The number of alkyl halides is 2. The number of benzene rings is 2. The second-order valence-electron chi connectivity index (χ2n) is 10.2. The lowest BCUT2D eigenvalue weighted by atomic mass is 9.96. The van der Waals surface area contributed by atoms with Crippen LogP contribution >= 0.6 is 7.75 Å². The van der Waals surface area contributed by atoms with Crippen molar-refractivity contribution in [2.24, 2.45) is 0 Å². The van der Waals surface area contributed by atoms with Gasteiger partial charge in [-0.3, -0.25) is 23.8 Å². The Hall–Kier alpha value is -3.26. The fraction of sp³-hybridized carbons (Fsp3) is 0.444. The van der Waals surface area contributed by atoms with E-state index in [2.05, 4.69) is 5.09 Å². The quantitative estimate of drug-likeness (QED) is 0.194. The second-order valence-corrected chi connectivity index (χ2v) is 11.9. The molecular formula is C27H31F2N2O10P. The SMILES string of the molecule is CC(C)OC(=O)[C@H](C)NP(=O)(OC[C@@]1(C(F)F)O[C@@H](N2C=CC(=O)CC2=O)[C@@H](O)[C@@H]1O)Oc1ccc2ccccc2c1. The van der Waals surface area contributed by atoms with Gasteiger partial charge in [0.05, 0.1) is 19.1 Å². The third-order valence-corrected chi connectivity index (χ3v) is 8.22. The van der Waals surface area contributed by atoms with Gasteiger partial charge in [-0.1, -0.05) is 30.3 Å². The number of aliphatic hydroxyl groups is 2. The highest BCUT2D eigenvalue weighted by molar-refractivity contribution is 7.52. The molecule has 2 aliphatic heterocycles. The highest BCUT2D eigenvalue weighted by Gasteiger charge is 2.62. The minimum Gasteiger partial charge on any atom is -0.462 e. The Morgan fingerprint density at radius 1 is 1.17 bits per heavy atom. The van der Waals surface area contributed by atoms with E-state index in [1.54, 1.807) is 32.0 Å². The van der Waals surface area contributed by atoms with E-state index in [1.807, 2.05) is 12.1 Å². The summed E-state index contributed by atoms with van der Waals surface area (Å²) in [6.45, 7) is 3.17. The van der Waals surface area contributed by atoms with E-state index in [1.165, 1.54) is 19.1 Å². The number of carbonyl (C=O) groups excluding carboxylic acids is 3. The molecule has 2 aromatic rings. The summed E-state index contributed by atoms with van der Waals surface area (Å²) in [5.74, 6) is -2.23. The Labute approximate surface area is 239 Å². The molecule has 1 fully saturated rings. The van der Waals surface area contributed by atoms with Crippen LogP contribution in [-0.2, 0) is 32.9 Å². The highest BCUT2D eigenvalue weighted by Crippen LogP contribution is 2.49. The summed E-state index contributed by atoms with van der Waals surface area (Å²) in [5.41, 5.74) is -2.99. The van der Waals surface area contributed by atoms with Gasteiger partial charge in [-0.15, -0.1) is 0 Å². The van der Waals surface area contributed by atoms with Crippen LogP contribution < -0.4 is 9.61 Å². The number of nitrogens with zero attached hydrogens (tertiary/aromatic N) is 1. The standard InChI is InChI=1S/C27H31F2N2O10P/c1-15(2)39-25(36)16(3)30-42(37,41-20-9-8-17-6-4-5-7-18(17)12-20)38-14-27(26(28)29)23(35)22(34)24(40-27)31-11-10-19(32)13-21(31)33/h4-12,15-16,22-24,26,34-35H,13-14H2,1-3H3,(H,30,37)/t16-,22-,23-,24+,27+,42?/m0/s1. The number of ketones is 1. The molecule has 0 bridgehead atoms. The Balaban J connectivity index is 1.62. The van der Waals surface area contributed by atoms with Crippen molar-refractivity contribution in [3.05, 3.63) is 54.7 Å². The van der Waals surface area contributed by atoms with Gasteiger partial charge in [0, 0.05) is 6.20 Å². The number of carbonyl (C=O) groups is 3. The lowest BCUT2D eigenvalue weighted by Crippen LogP contribution is -2.53. The zero-order valence-corrected chi connectivity index (χ0v) is 23.8. The van der Waals surface area contributed by atoms with Crippen LogP contribution in [0.15, 0.2) is 54.7 Å². The maximum absolute atomic E-state index is 14.6. The van der Waals surface area contributed by atoms with Gasteiger partial charge < -0.3 is 24.2 Å². The van der Waals surface area contributed by atoms with Crippen LogP contribution in [0, 0.1) is 0 Å². The van der Waals surface area contributed by atoms with Crippen molar-refractivity contribution in [2.45, 2.75) is 69.8 Å². The summed E-state index contributed by atoms with van der Waals surface area (Å²) >= 11 is 0. The first-order valence-corrected chi connectivity index (χ1v) is 14.5. The minimum absolute atomic E-state index is 0.000394. The zero-order chi connectivity index (χ0) is 30.8. The molecule has 2 aliphatic rings. The third-order valence-electron chi connectivity index (χ3n) is 6.60. The molecule has 1 saturated heterocycles. The average molecular weight is 613 g/mol. The number of nitrogens with one attached hydrogen (secondary N) is 1. The molecular weight excluding hydrogens is 581 g/mol. The number of fused-ring (bicyclic) bond motifs is 1. The van der Waals surface area contributed by atoms with E-state index in [9.17, 15) is 37.9 Å². The number of aliphatic hydroxyl groups excluding tert-OH is 2. The van der Waals surface area contributed by atoms with Gasteiger partial charge in [0.15, 0.2) is 17.6 Å². The van der Waals surface area contributed by atoms with Crippen molar-refractivity contribution in [3.8, 4) is 5.75 Å². The lowest BCUT2D eigenvalue weighted by molar-refractivity contribution is -0.200. The fourth-order valence-corrected chi connectivity index (χ4v) is 5.95. The van der Waals surface area contributed by atoms with E-state index in [0.29, 0.717) is 10.3 Å². The van der Waals surface area contributed by atoms with Crippen molar-refractivity contribution in [2.75, 3.05) is 6.61 Å². The normalized spacial score (nSPS) is 26.6. The van der Waals surface area contributed by atoms with Crippen LogP contribution in [-0.4, -0.2) is 82.0 Å². The molecule has 12 nitrogen and oxygen atoms in total. The minimum atomic E-state index is -4.72. The predicted molar refractivity (Wildman–Crippen MR) is 143 cm³/mol. The van der Waals surface area contributed by atoms with Crippen LogP contribution in [0.1, 0.15) is 27.2 Å². The molecule has 2 aromatic carbocycles. The van der Waals surface area contributed by atoms with E-state index < -0.39 is 81.0 Å². The Morgan fingerprint density at radius 2 is 1.86 bits per heavy atom. The number of rotatable bonds is 11. The van der Waals surface area contributed by atoms with E-state index in [-0.39, 0.29) is 5.75 Å². The van der Waals surface area contributed by atoms with Gasteiger partial charge in [-0.25, -0.2) is 13.3 Å². The summed E-state index contributed by atoms with van der Waals surface area (Å²) in [7, 11) is -4.72. The molecule has 0 saturated carbocycles. The molecule has 228 valence electrons. The number of esters is 1. The molecule has 42 heavy (non-hydrogen) atoms. The summed E-state index contributed by atoms with van der Waals surface area (Å²) in [5, 5.41) is 25.2. The van der Waals surface area contributed by atoms with Crippen LogP contribution in [0.4, 0.5) is 8.78 Å². The molecule has 0 radical (unpaired) electrons. The largest absolute Gasteiger partial charge is 0.462 e. The number of hydrogen-bond acceptors (Lipinski definition) is 10. The molecule has 2 heterocycles. The van der Waals surface area contributed by atoms with Crippen LogP contribution in [0.25, 0.3) is 10.8 Å². The van der Waals surface area contributed by atoms with Crippen LogP contribution in [0.5, 0.6) is 5.75 Å². The van der Waals surface area contributed by atoms with Crippen molar-refractivity contribution in [1.29, 1.82) is 0 Å². The third kappa shape index (κ3) is 6.69. The number of halogens is 2. The first-order valence-electron chi connectivity index (χ1n) is 13.0. The first kappa shape index (κ1) is 31.7. The molecule has 3 N–H and O–H groups in total. The van der Waals surface area contributed by atoms with Gasteiger partial charge in [0.2, 0.25) is 5.91 Å². The van der Waals surface area contributed by atoms with Crippen molar-refractivity contribution in [1.82, 2.24) is 9.99 Å². The fourth-order valence-electron chi connectivity index (χ4n) is 4.43. The average Bonchev–Trinajstić information content (AvgIpc) is 3.17. The van der Waals surface area contributed by atoms with Gasteiger partial charge in [-0.05, 0) is 49.8 Å². The first-order chi connectivity index (χ1) is 19.7. The molecule has 6 atom stereocenters. The Kier molecular flexibility index (Phi) is 9.46. The van der Waals surface area contributed by atoms with E-state index in [0.717, 1.165) is 17.7 Å². The van der Waals surface area contributed by atoms with Crippen LogP contribution in [0.3, 0.4) is 0 Å². The van der Waals surface area contributed by atoms with Crippen molar-refractivity contribution in [3.63, 3.8) is 0 Å². The monoisotopic (exact) mass is 612 g/mol. The number of hydrogen-bond donors (Lipinski definition) is 3. The van der Waals surface area contributed by atoms with Crippen LogP contribution in [0.2, 0.25) is 0 Å². The topological polar surface area (TPSA) is 161 Å². The lowest BCUT2D eigenvalue weighted by Gasteiger charge is -2.33. The van der Waals surface area contributed by atoms with E-state index >= 15 is 0 Å². The maximum Gasteiger partial charge on any atom is 0.459 e. The summed E-state index contributed by atoms with van der Waals surface area (Å²) < 4.78 is 64.5. The second kappa shape index (κ2) is 12.5. The van der Waals surface area contributed by atoms with Gasteiger partial charge in [0.1, 0.15) is 24.0 Å². The molecule has 4 rings (SSSR count). The Morgan fingerprint density at radius 3 is 2.50 bits per heavy atom. The Bertz CT molecular complexity index is 1420. The van der Waals surface area contributed by atoms with Gasteiger partial charge in [-0.2, -0.15) is 5.09 Å². The highest BCUT2D eigenvalue weighted by atomic mass is 31.2. The molecule has 1 amide bonds. The van der Waals surface area contributed by atoms with Crippen molar-refractivity contribution < 1.29 is 56.5 Å². The summed E-state index contributed by atoms with van der Waals surface area (Å²) in [6, 6.07) is 10.5. The number of amides is 1.